The van der Waals surface area contributed by atoms with Crippen LogP contribution in [0.1, 0.15) is 10.5 Å². The number of nitrogens with zero attached hydrogens (tertiary/aromatic N) is 2. The lowest BCUT2D eigenvalue weighted by atomic mass is 10.2. The lowest BCUT2D eigenvalue weighted by Gasteiger charge is -2.10. The Morgan fingerprint density at radius 1 is 1.04 bits per heavy atom. The number of carbonyl (C=O) groups is 1. The topological polar surface area (TPSA) is 89.1 Å². The van der Waals surface area contributed by atoms with Crippen LogP contribution in [0.15, 0.2) is 48.8 Å². The van der Waals surface area contributed by atoms with Crippen LogP contribution in [-0.4, -0.2) is 35.3 Å². The van der Waals surface area contributed by atoms with Crippen LogP contribution in [-0.2, 0) is 0 Å². The standard InChI is InChI=1S/C17H16N4O3/c1-23-15-4-3-12(9-16(15)24-2)19-17(22)14-10-13(20-21-14)11-5-7-18-8-6-11/h3-10H,1-2H3,(H,19,22)(H,20,21). The maximum Gasteiger partial charge on any atom is 0.273 e. The quantitative estimate of drug-likeness (QED) is 0.753. The van der Waals surface area contributed by atoms with E-state index in [4.69, 9.17) is 9.47 Å². The molecule has 0 aliphatic carbocycles. The van der Waals surface area contributed by atoms with Gasteiger partial charge in [0.1, 0.15) is 5.69 Å². The highest BCUT2D eigenvalue weighted by Crippen LogP contribution is 2.30. The van der Waals surface area contributed by atoms with Crippen molar-refractivity contribution in [3.63, 3.8) is 0 Å². The second-order valence-corrected chi connectivity index (χ2v) is 4.93. The number of aromatic amines is 1. The number of carbonyl (C=O) groups excluding carboxylic acids is 1. The van der Waals surface area contributed by atoms with Crippen molar-refractivity contribution in [2.45, 2.75) is 0 Å². The van der Waals surface area contributed by atoms with Crippen molar-refractivity contribution in [3.8, 4) is 22.8 Å². The first-order valence-corrected chi connectivity index (χ1v) is 7.20. The van der Waals surface area contributed by atoms with E-state index in [1.54, 1.807) is 50.9 Å². The van der Waals surface area contributed by atoms with Crippen LogP contribution in [0, 0.1) is 0 Å². The maximum absolute atomic E-state index is 12.3. The zero-order chi connectivity index (χ0) is 16.9. The molecule has 0 radical (unpaired) electrons. The highest BCUT2D eigenvalue weighted by atomic mass is 16.5. The molecule has 0 aliphatic rings. The van der Waals surface area contributed by atoms with Gasteiger partial charge in [0, 0.05) is 29.7 Å². The minimum Gasteiger partial charge on any atom is -0.493 e. The second kappa shape index (κ2) is 6.82. The second-order valence-electron chi connectivity index (χ2n) is 4.93. The summed E-state index contributed by atoms with van der Waals surface area (Å²) in [6.45, 7) is 0. The summed E-state index contributed by atoms with van der Waals surface area (Å²) in [4.78, 5) is 16.3. The van der Waals surface area contributed by atoms with Gasteiger partial charge in [-0.05, 0) is 30.3 Å². The molecular weight excluding hydrogens is 308 g/mol. The van der Waals surface area contributed by atoms with Crippen molar-refractivity contribution in [3.05, 3.63) is 54.5 Å². The molecule has 1 amide bonds. The molecular formula is C17H16N4O3. The number of hydrogen-bond donors (Lipinski definition) is 2. The first kappa shape index (κ1) is 15.5. The van der Waals surface area contributed by atoms with E-state index in [-0.39, 0.29) is 5.91 Å². The molecule has 0 aliphatic heterocycles. The minimum atomic E-state index is -0.296. The molecule has 7 heteroatoms. The number of benzene rings is 1. The molecule has 0 atom stereocenters. The highest BCUT2D eigenvalue weighted by molar-refractivity contribution is 6.03. The highest BCUT2D eigenvalue weighted by Gasteiger charge is 2.12. The molecule has 2 N–H and O–H groups in total. The number of aromatic nitrogens is 3. The predicted octanol–water partition coefficient (Wildman–Crippen LogP) is 2.74. The summed E-state index contributed by atoms with van der Waals surface area (Å²) in [6, 6.07) is 10.5. The van der Waals surface area contributed by atoms with Crippen LogP contribution in [0.5, 0.6) is 11.5 Å². The number of methoxy groups -OCH3 is 2. The van der Waals surface area contributed by atoms with Crippen LogP contribution >= 0.6 is 0 Å². The fraction of sp³-hybridized carbons (Fsp3) is 0.118. The summed E-state index contributed by atoms with van der Waals surface area (Å²) >= 11 is 0. The minimum absolute atomic E-state index is 0.296. The molecule has 3 aromatic rings. The number of nitrogens with one attached hydrogen (secondary N) is 2. The van der Waals surface area contributed by atoms with Crippen LogP contribution in [0.2, 0.25) is 0 Å². The van der Waals surface area contributed by atoms with E-state index in [9.17, 15) is 4.79 Å². The Balaban J connectivity index is 1.77. The number of pyridine rings is 1. The van der Waals surface area contributed by atoms with E-state index >= 15 is 0 Å². The molecule has 3 rings (SSSR count). The van der Waals surface area contributed by atoms with Gasteiger partial charge in [-0.3, -0.25) is 14.9 Å². The van der Waals surface area contributed by atoms with E-state index < -0.39 is 0 Å². The summed E-state index contributed by atoms with van der Waals surface area (Å²) in [5.74, 6) is 0.837. The normalized spacial score (nSPS) is 10.2. The fourth-order valence-electron chi connectivity index (χ4n) is 2.22. The molecule has 0 saturated heterocycles. The van der Waals surface area contributed by atoms with Crippen LogP contribution in [0.3, 0.4) is 0 Å². The first-order chi connectivity index (χ1) is 11.7. The molecule has 2 aromatic heterocycles. The Bertz CT molecular complexity index is 846. The van der Waals surface area contributed by atoms with Gasteiger partial charge in [0.15, 0.2) is 11.5 Å². The van der Waals surface area contributed by atoms with Crippen LogP contribution < -0.4 is 14.8 Å². The van der Waals surface area contributed by atoms with Crippen molar-refractivity contribution in [2.24, 2.45) is 0 Å². The predicted molar refractivity (Wildman–Crippen MR) is 89.3 cm³/mol. The summed E-state index contributed by atoms with van der Waals surface area (Å²) in [6.07, 6.45) is 3.35. The lowest BCUT2D eigenvalue weighted by molar-refractivity contribution is 0.102. The summed E-state index contributed by atoms with van der Waals surface area (Å²) in [5.41, 5.74) is 2.51. The molecule has 0 saturated carbocycles. The van der Waals surface area contributed by atoms with Gasteiger partial charge < -0.3 is 14.8 Å². The van der Waals surface area contributed by atoms with E-state index in [1.165, 1.54) is 0 Å². The third-order valence-corrected chi connectivity index (χ3v) is 3.44. The van der Waals surface area contributed by atoms with Crippen molar-refractivity contribution in [1.82, 2.24) is 15.2 Å². The Kier molecular flexibility index (Phi) is 4.42. The van der Waals surface area contributed by atoms with Crippen molar-refractivity contribution >= 4 is 11.6 Å². The SMILES string of the molecule is COc1ccc(NC(=O)c2cc(-c3ccncc3)n[nH]2)cc1OC. The third-order valence-electron chi connectivity index (χ3n) is 3.44. The van der Waals surface area contributed by atoms with E-state index in [0.29, 0.717) is 28.6 Å². The Hall–Kier alpha value is -3.35. The van der Waals surface area contributed by atoms with Gasteiger partial charge in [0.25, 0.3) is 5.91 Å². The molecule has 7 nitrogen and oxygen atoms in total. The number of hydrogen-bond acceptors (Lipinski definition) is 5. The van der Waals surface area contributed by atoms with E-state index in [1.807, 2.05) is 12.1 Å². The van der Waals surface area contributed by atoms with Crippen molar-refractivity contribution in [1.29, 1.82) is 0 Å². The zero-order valence-electron chi connectivity index (χ0n) is 13.2. The van der Waals surface area contributed by atoms with Crippen LogP contribution in [0.25, 0.3) is 11.3 Å². The first-order valence-electron chi connectivity index (χ1n) is 7.20. The molecule has 0 bridgehead atoms. The molecule has 1 aromatic carbocycles. The zero-order valence-corrected chi connectivity index (χ0v) is 13.2. The summed E-state index contributed by atoms with van der Waals surface area (Å²) in [7, 11) is 3.10. The third kappa shape index (κ3) is 3.19. The van der Waals surface area contributed by atoms with E-state index in [0.717, 1.165) is 5.56 Å². The Labute approximate surface area is 138 Å². The van der Waals surface area contributed by atoms with Gasteiger partial charge in [-0.25, -0.2) is 0 Å². The molecule has 122 valence electrons. The fourth-order valence-corrected chi connectivity index (χ4v) is 2.22. The Morgan fingerprint density at radius 2 is 1.79 bits per heavy atom. The summed E-state index contributed by atoms with van der Waals surface area (Å²) < 4.78 is 10.4. The van der Waals surface area contributed by atoms with Gasteiger partial charge in [0.05, 0.1) is 19.9 Å². The van der Waals surface area contributed by atoms with E-state index in [2.05, 4.69) is 20.5 Å². The van der Waals surface area contributed by atoms with Gasteiger partial charge in [-0.1, -0.05) is 0 Å². The lowest BCUT2D eigenvalue weighted by Crippen LogP contribution is -2.12. The van der Waals surface area contributed by atoms with Gasteiger partial charge >= 0.3 is 0 Å². The number of amides is 1. The van der Waals surface area contributed by atoms with Crippen molar-refractivity contribution < 1.29 is 14.3 Å². The average molecular weight is 324 g/mol. The number of rotatable bonds is 5. The number of H-pyrrole nitrogens is 1. The van der Waals surface area contributed by atoms with Gasteiger partial charge in [0.2, 0.25) is 0 Å². The maximum atomic E-state index is 12.3. The molecule has 24 heavy (non-hydrogen) atoms. The molecule has 0 spiro atoms. The molecule has 2 heterocycles. The molecule has 0 fully saturated rings. The van der Waals surface area contributed by atoms with Crippen molar-refractivity contribution in [2.75, 3.05) is 19.5 Å². The van der Waals surface area contributed by atoms with Gasteiger partial charge in [-0.2, -0.15) is 5.10 Å². The monoisotopic (exact) mass is 324 g/mol. The Morgan fingerprint density at radius 3 is 2.50 bits per heavy atom. The number of anilines is 1. The average Bonchev–Trinajstić information content (AvgIpc) is 3.12. The smallest absolute Gasteiger partial charge is 0.273 e. The molecule has 0 unspecified atom stereocenters. The largest absolute Gasteiger partial charge is 0.493 e. The van der Waals surface area contributed by atoms with Gasteiger partial charge in [-0.15, -0.1) is 0 Å². The van der Waals surface area contributed by atoms with Crippen LogP contribution in [0.4, 0.5) is 5.69 Å². The number of ether oxygens (including phenoxy) is 2. The summed E-state index contributed by atoms with van der Waals surface area (Å²) in [5, 5.41) is 9.68.